The molecular weight excluding hydrogens is 420 g/mol. The number of amides is 2. The van der Waals surface area contributed by atoms with Crippen LogP contribution in [0, 0.1) is 5.92 Å². The average Bonchev–Trinajstić information content (AvgIpc) is 2.81. The number of hydrogen-bond acceptors (Lipinski definition) is 4. The molecule has 2 amide bonds. The number of rotatable bonds is 10. The minimum absolute atomic E-state index is 0.202. The Morgan fingerprint density at radius 1 is 0.875 bits per heavy atom. The molecule has 6 heteroatoms. The van der Waals surface area contributed by atoms with Gasteiger partial charge < -0.3 is 15.4 Å². The van der Waals surface area contributed by atoms with Gasteiger partial charge in [0.25, 0.3) is 11.8 Å². The molecule has 0 aliphatic carbocycles. The molecule has 0 saturated heterocycles. The molecule has 0 aliphatic rings. The monoisotopic (exact) mass is 448 g/mol. The van der Waals surface area contributed by atoms with Gasteiger partial charge in [-0.25, -0.2) is 0 Å². The first kappa shape index (κ1) is 23.4. The molecule has 0 saturated carbocycles. The molecule has 3 rings (SSSR count). The smallest absolute Gasteiger partial charge is 0.255 e. The summed E-state index contributed by atoms with van der Waals surface area (Å²) < 4.78 is 5.77. The van der Waals surface area contributed by atoms with Gasteiger partial charge in [0, 0.05) is 22.8 Å². The maximum absolute atomic E-state index is 12.7. The maximum Gasteiger partial charge on any atom is 0.255 e. The lowest BCUT2D eigenvalue weighted by Gasteiger charge is -2.13. The summed E-state index contributed by atoms with van der Waals surface area (Å²) in [5.74, 6) is 1.41. The van der Waals surface area contributed by atoms with E-state index in [0.717, 1.165) is 5.75 Å². The lowest BCUT2D eigenvalue weighted by molar-refractivity contribution is 0.0950. The normalized spacial score (nSPS) is 10.6. The predicted molar refractivity (Wildman–Crippen MR) is 131 cm³/mol. The minimum atomic E-state index is -0.278. The predicted octanol–water partition coefficient (Wildman–Crippen LogP) is 5.50. The Labute approximate surface area is 193 Å². The SMILES string of the molecule is CC(C)CNC(=O)c1ccccc1NC(=O)c1ccc(OCCSc2ccccc2)cc1. The summed E-state index contributed by atoms with van der Waals surface area (Å²) in [4.78, 5) is 26.4. The molecule has 3 aromatic rings. The van der Waals surface area contributed by atoms with Crippen LogP contribution in [0.2, 0.25) is 0 Å². The van der Waals surface area contributed by atoms with Crippen molar-refractivity contribution in [3.05, 3.63) is 90.0 Å². The second-order valence-corrected chi connectivity index (χ2v) is 8.81. The molecule has 0 aliphatic heterocycles. The van der Waals surface area contributed by atoms with E-state index >= 15 is 0 Å². The van der Waals surface area contributed by atoms with E-state index in [1.165, 1.54) is 4.90 Å². The third-order valence-corrected chi connectivity index (χ3v) is 5.55. The van der Waals surface area contributed by atoms with E-state index in [1.807, 2.05) is 32.0 Å². The zero-order chi connectivity index (χ0) is 22.8. The van der Waals surface area contributed by atoms with E-state index in [-0.39, 0.29) is 11.8 Å². The number of thioether (sulfide) groups is 1. The van der Waals surface area contributed by atoms with Crippen LogP contribution in [0.3, 0.4) is 0 Å². The van der Waals surface area contributed by atoms with Crippen molar-refractivity contribution in [1.29, 1.82) is 0 Å². The molecule has 5 nitrogen and oxygen atoms in total. The quantitative estimate of drug-likeness (QED) is 0.318. The van der Waals surface area contributed by atoms with Crippen LogP contribution >= 0.6 is 11.8 Å². The molecule has 0 unspecified atom stereocenters. The van der Waals surface area contributed by atoms with Gasteiger partial charge in [-0.05, 0) is 54.4 Å². The molecule has 2 N–H and O–H groups in total. The maximum atomic E-state index is 12.7. The first-order valence-electron chi connectivity index (χ1n) is 10.6. The third-order valence-electron chi connectivity index (χ3n) is 4.57. The van der Waals surface area contributed by atoms with Gasteiger partial charge >= 0.3 is 0 Å². The Balaban J connectivity index is 1.53. The second kappa shape index (κ2) is 12.0. The largest absolute Gasteiger partial charge is 0.493 e. The highest BCUT2D eigenvalue weighted by Gasteiger charge is 2.14. The van der Waals surface area contributed by atoms with Gasteiger partial charge in [-0.2, -0.15) is 0 Å². The summed E-state index contributed by atoms with van der Waals surface area (Å²) in [5.41, 5.74) is 1.42. The molecule has 0 spiro atoms. The molecular formula is C26H28N2O3S. The summed E-state index contributed by atoms with van der Waals surface area (Å²) in [7, 11) is 0. The van der Waals surface area contributed by atoms with E-state index < -0.39 is 0 Å². The Hall–Kier alpha value is -3.25. The Morgan fingerprint density at radius 2 is 1.56 bits per heavy atom. The lowest BCUT2D eigenvalue weighted by Crippen LogP contribution is -2.28. The van der Waals surface area contributed by atoms with Crippen molar-refractivity contribution in [3.8, 4) is 5.75 Å². The van der Waals surface area contributed by atoms with E-state index in [4.69, 9.17) is 4.74 Å². The van der Waals surface area contributed by atoms with Crippen LogP contribution in [-0.4, -0.2) is 30.7 Å². The van der Waals surface area contributed by atoms with Crippen LogP contribution in [0.25, 0.3) is 0 Å². The lowest BCUT2D eigenvalue weighted by atomic mass is 10.1. The summed E-state index contributed by atoms with van der Waals surface area (Å²) in [6, 6.07) is 24.2. The molecule has 0 atom stereocenters. The fourth-order valence-corrected chi connectivity index (χ4v) is 3.67. The van der Waals surface area contributed by atoms with E-state index in [0.29, 0.717) is 41.6 Å². The number of anilines is 1. The number of hydrogen-bond donors (Lipinski definition) is 2. The molecule has 0 aromatic heterocycles. The highest BCUT2D eigenvalue weighted by Crippen LogP contribution is 2.19. The summed E-state index contributed by atoms with van der Waals surface area (Å²) in [6.45, 7) is 5.21. The second-order valence-electron chi connectivity index (χ2n) is 7.64. The van der Waals surface area contributed by atoms with Crippen molar-refractivity contribution in [2.45, 2.75) is 18.7 Å². The molecule has 0 bridgehead atoms. The van der Waals surface area contributed by atoms with Gasteiger partial charge in [-0.3, -0.25) is 9.59 Å². The highest BCUT2D eigenvalue weighted by atomic mass is 32.2. The molecule has 3 aromatic carbocycles. The van der Waals surface area contributed by atoms with Gasteiger partial charge in [0.1, 0.15) is 5.75 Å². The van der Waals surface area contributed by atoms with Crippen LogP contribution in [0.5, 0.6) is 5.75 Å². The Kier molecular flexibility index (Phi) is 8.75. The molecule has 0 radical (unpaired) electrons. The van der Waals surface area contributed by atoms with Crippen molar-refractivity contribution in [3.63, 3.8) is 0 Å². The Bertz CT molecular complexity index is 1020. The zero-order valence-corrected chi connectivity index (χ0v) is 19.2. The van der Waals surface area contributed by atoms with Crippen LogP contribution in [0.4, 0.5) is 5.69 Å². The van der Waals surface area contributed by atoms with Gasteiger partial charge in [0.15, 0.2) is 0 Å². The van der Waals surface area contributed by atoms with Gasteiger partial charge in [-0.15, -0.1) is 11.8 Å². The number of nitrogens with one attached hydrogen (secondary N) is 2. The topological polar surface area (TPSA) is 67.4 Å². The third kappa shape index (κ3) is 7.17. The number of carbonyl (C=O) groups excluding carboxylic acids is 2. The van der Waals surface area contributed by atoms with Crippen LogP contribution in [0.15, 0.2) is 83.8 Å². The van der Waals surface area contributed by atoms with Crippen LogP contribution in [0.1, 0.15) is 34.6 Å². The standard InChI is InChI=1S/C26H28N2O3S/c1-19(2)18-27-26(30)23-10-6-7-11-24(23)28-25(29)20-12-14-21(15-13-20)31-16-17-32-22-8-4-3-5-9-22/h3-15,19H,16-18H2,1-2H3,(H,27,30)(H,28,29). The molecule has 166 valence electrons. The van der Waals surface area contributed by atoms with E-state index in [1.54, 1.807) is 60.3 Å². The molecule has 0 fully saturated rings. The summed E-state index contributed by atoms with van der Waals surface area (Å²) in [5, 5.41) is 5.73. The zero-order valence-electron chi connectivity index (χ0n) is 18.3. The van der Waals surface area contributed by atoms with Crippen molar-refractivity contribution >= 4 is 29.3 Å². The van der Waals surface area contributed by atoms with Gasteiger partial charge in [0.2, 0.25) is 0 Å². The van der Waals surface area contributed by atoms with Gasteiger partial charge in [-0.1, -0.05) is 44.2 Å². The Morgan fingerprint density at radius 3 is 2.28 bits per heavy atom. The van der Waals surface area contributed by atoms with Crippen molar-refractivity contribution in [2.75, 3.05) is 24.2 Å². The first-order chi connectivity index (χ1) is 15.5. The fourth-order valence-electron chi connectivity index (χ4n) is 2.91. The number of carbonyl (C=O) groups is 2. The van der Waals surface area contributed by atoms with Crippen LogP contribution in [-0.2, 0) is 0 Å². The van der Waals surface area contributed by atoms with Crippen molar-refractivity contribution in [1.82, 2.24) is 5.32 Å². The van der Waals surface area contributed by atoms with E-state index in [2.05, 4.69) is 22.8 Å². The number of benzene rings is 3. The molecule has 32 heavy (non-hydrogen) atoms. The number of ether oxygens (including phenoxy) is 1. The van der Waals surface area contributed by atoms with Crippen LogP contribution < -0.4 is 15.4 Å². The van der Waals surface area contributed by atoms with Crippen molar-refractivity contribution in [2.24, 2.45) is 5.92 Å². The highest BCUT2D eigenvalue weighted by molar-refractivity contribution is 7.99. The first-order valence-corrected chi connectivity index (χ1v) is 11.6. The van der Waals surface area contributed by atoms with Crippen molar-refractivity contribution < 1.29 is 14.3 Å². The molecule has 0 heterocycles. The minimum Gasteiger partial charge on any atom is -0.493 e. The fraction of sp³-hybridized carbons (Fsp3) is 0.231. The van der Waals surface area contributed by atoms with Gasteiger partial charge in [0.05, 0.1) is 17.9 Å². The van der Waals surface area contributed by atoms with E-state index in [9.17, 15) is 9.59 Å². The average molecular weight is 449 g/mol. The number of para-hydroxylation sites is 1. The summed E-state index contributed by atoms with van der Waals surface area (Å²) in [6.07, 6.45) is 0. The summed E-state index contributed by atoms with van der Waals surface area (Å²) >= 11 is 1.74.